The summed E-state index contributed by atoms with van der Waals surface area (Å²) >= 11 is 5.82. The third-order valence-electron chi connectivity index (χ3n) is 1.68. The summed E-state index contributed by atoms with van der Waals surface area (Å²) in [6.07, 6.45) is 1.54. The first-order chi connectivity index (χ1) is 5.70. The molecule has 1 aromatic rings. The van der Waals surface area contributed by atoms with Crippen molar-refractivity contribution >= 4 is 11.6 Å². The molecule has 0 radical (unpaired) electrons. The molecule has 12 heavy (non-hydrogen) atoms. The number of nitrogens with zero attached hydrogens (tertiary/aromatic N) is 2. The Hall–Kier alpha value is -0.580. The van der Waals surface area contributed by atoms with E-state index in [0.717, 1.165) is 0 Å². The number of aliphatic hydroxyl groups excluding tert-OH is 1. The molecule has 0 saturated heterocycles. The topological polar surface area (TPSA) is 64.1 Å². The van der Waals surface area contributed by atoms with Crippen LogP contribution in [0.3, 0.4) is 0 Å². The number of aryl methyl sites for hydroxylation is 1. The fraction of sp³-hybridized carbons (Fsp3) is 0.571. The molecule has 0 bridgehead atoms. The highest BCUT2D eigenvalue weighted by Crippen LogP contribution is 2.20. The molecule has 1 aromatic heterocycles. The Morgan fingerprint density at radius 3 is 3.00 bits per heavy atom. The van der Waals surface area contributed by atoms with E-state index in [0.29, 0.717) is 17.3 Å². The molecule has 1 rings (SSSR count). The largest absolute Gasteiger partial charge is 0.394 e. The van der Waals surface area contributed by atoms with Crippen LogP contribution in [0.4, 0.5) is 0 Å². The van der Waals surface area contributed by atoms with Crippen molar-refractivity contribution < 1.29 is 5.11 Å². The van der Waals surface area contributed by atoms with Crippen LogP contribution in [0.1, 0.15) is 18.7 Å². The molecule has 5 heteroatoms. The maximum Gasteiger partial charge on any atom is 0.0834 e. The van der Waals surface area contributed by atoms with Crippen LogP contribution in [-0.2, 0) is 6.54 Å². The lowest BCUT2D eigenvalue weighted by atomic mass is 10.2. The van der Waals surface area contributed by atoms with Crippen molar-refractivity contribution in [1.82, 2.24) is 9.78 Å². The lowest BCUT2D eigenvalue weighted by Gasteiger charge is -2.10. The van der Waals surface area contributed by atoms with Crippen molar-refractivity contribution in [3.05, 3.63) is 16.9 Å². The molecule has 0 aliphatic rings. The highest BCUT2D eigenvalue weighted by Gasteiger charge is 2.14. The minimum Gasteiger partial charge on any atom is -0.394 e. The van der Waals surface area contributed by atoms with Crippen molar-refractivity contribution in [2.75, 3.05) is 6.61 Å². The van der Waals surface area contributed by atoms with Gasteiger partial charge in [0.1, 0.15) is 0 Å². The normalized spacial score (nSPS) is 13.3. The first-order valence-electron chi connectivity index (χ1n) is 3.78. The monoisotopic (exact) mass is 189 g/mol. The third-order valence-corrected chi connectivity index (χ3v) is 1.97. The van der Waals surface area contributed by atoms with E-state index >= 15 is 0 Å². The molecule has 68 valence electrons. The van der Waals surface area contributed by atoms with Crippen LogP contribution in [0, 0.1) is 0 Å². The van der Waals surface area contributed by atoms with Gasteiger partial charge >= 0.3 is 0 Å². The van der Waals surface area contributed by atoms with Crippen LogP contribution in [0.2, 0.25) is 5.02 Å². The molecule has 3 N–H and O–H groups in total. The Labute approximate surface area is 75.9 Å². The highest BCUT2D eigenvalue weighted by molar-refractivity contribution is 6.31. The molecule has 0 saturated carbocycles. The van der Waals surface area contributed by atoms with E-state index in [4.69, 9.17) is 22.4 Å². The van der Waals surface area contributed by atoms with Crippen molar-refractivity contribution in [2.24, 2.45) is 5.73 Å². The number of aromatic nitrogens is 2. The lowest BCUT2D eigenvalue weighted by Crippen LogP contribution is -2.19. The first kappa shape index (κ1) is 9.51. The van der Waals surface area contributed by atoms with Gasteiger partial charge in [-0.25, -0.2) is 0 Å². The summed E-state index contributed by atoms with van der Waals surface area (Å²) < 4.78 is 1.68. The lowest BCUT2D eigenvalue weighted by molar-refractivity contribution is 0.262. The zero-order chi connectivity index (χ0) is 9.14. The SMILES string of the molecule is CCn1ncc(Cl)c1C(N)CO. The highest BCUT2D eigenvalue weighted by atomic mass is 35.5. The summed E-state index contributed by atoms with van der Waals surface area (Å²) in [5.74, 6) is 0. The summed E-state index contributed by atoms with van der Waals surface area (Å²) in [4.78, 5) is 0. The number of rotatable bonds is 3. The van der Waals surface area contributed by atoms with Crippen LogP contribution in [0.15, 0.2) is 6.20 Å². The summed E-state index contributed by atoms with van der Waals surface area (Å²) in [5.41, 5.74) is 6.32. The van der Waals surface area contributed by atoms with E-state index in [1.807, 2.05) is 6.92 Å². The maximum absolute atomic E-state index is 8.83. The standard InChI is InChI=1S/C7H12ClN3O/c1-2-11-7(6(9)4-12)5(8)3-10-11/h3,6,12H,2,4,9H2,1H3. The Morgan fingerprint density at radius 1 is 1.83 bits per heavy atom. The number of hydrogen-bond donors (Lipinski definition) is 2. The smallest absolute Gasteiger partial charge is 0.0834 e. The van der Waals surface area contributed by atoms with Gasteiger partial charge in [0.2, 0.25) is 0 Å². The quantitative estimate of drug-likeness (QED) is 0.730. The maximum atomic E-state index is 8.83. The van der Waals surface area contributed by atoms with Crippen LogP contribution in [-0.4, -0.2) is 21.5 Å². The average molecular weight is 190 g/mol. The molecular formula is C7H12ClN3O. The molecule has 4 nitrogen and oxygen atoms in total. The molecule has 1 heterocycles. The van der Waals surface area contributed by atoms with Gasteiger partial charge in [-0.3, -0.25) is 4.68 Å². The predicted molar refractivity (Wildman–Crippen MR) is 46.9 cm³/mol. The van der Waals surface area contributed by atoms with Gasteiger partial charge in [-0.2, -0.15) is 5.10 Å². The molecule has 1 atom stereocenters. The zero-order valence-electron chi connectivity index (χ0n) is 6.87. The molecule has 0 aliphatic carbocycles. The third kappa shape index (κ3) is 1.60. The predicted octanol–water partition coefficient (Wildman–Crippen LogP) is 0.548. The minimum absolute atomic E-state index is 0.120. The minimum atomic E-state index is -0.444. The van der Waals surface area contributed by atoms with Crippen molar-refractivity contribution in [2.45, 2.75) is 19.5 Å². The fourth-order valence-corrected chi connectivity index (χ4v) is 1.36. The van der Waals surface area contributed by atoms with E-state index in [-0.39, 0.29) is 6.61 Å². The number of nitrogens with two attached hydrogens (primary N) is 1. The van der Waals surface area contributed by atoms with Crippen molar-refractivity contribution in [3.63, 3.8) is 0 Å². The second-order valence-electron chi connectivity index (χ2n) is 2.48. The van der Waals surface area contributed by atoms with E-state index in [2.05, 4.69) is 5.10 Å². The van der Waals surface area contributed by atoms with Gasteiger partial charge < -0.3 is 10.8 Å². The van der Waals surface area contributed by atoms with Gasteiger partial charge in [0.25, 0.3) is 0 Å². The Kier molecular flexibility index (Phi) is 3.08. The van der Waals surface area contributed by atoms with Gasteiger partial charge in [-0.05, 0) is 6.92 Å². The van der Waals surface area contributed by atoms with Crippen molar-refractivity contribution in [1.29, 1.82) is 0 Å². The second kappa shape index (κ2) is 3.89. The summed E-state index contributed by atoms with van der Waals surface area (Å²) in [6.45, 7) is 2.53. The molecule has 0 amide bonds. The summed E-state index contributed by atoms with van der Waals surface area (Å²) in [6, 6.07) is -0.444. The number of hydrogen-bond acceptors (Lipinski definition) is 3. The van der Waals surface area contributed by atoms with Crippen LogP contribution >= 0.6 is 11.6 Å². The molecule has 0 fully saturated rings. The number of aliphatic hydroxyl groups is 1. The Bertz CT molecular complexity index is 261. The molecule has 0 aliphatic heterocycles. The Morgan fingerprint density at radius 2 is 2.50 bits per heavy atom. The van der Waals surface area contributed by atoms with E-state index in [1.165, 1.54) is 6.20 Å². The van der Waals surface area contributed by atoms with Gasteiger partial charge in [0.05, 0.1) is 29.6 Å². The summed E-state index contributed by atoms with van der Waals surface area (Å²) in [5, 5.41) is 13.3. The second-order valence-corrected chi connectivity index (χ2v) is 2.89. The van der Waals surface area contributed by atoms with Gasteiger partial charge in [-0.15, -0.1) is 0 Å². The van der Waals surface area contributed by atoms with E-state index in [1.54, 1.807) is 4.68 Å². The molecule has 0 spiro atoms. The van der Waals surface area contributed by atoms with Gasteiger partial charge in [0, 0.05) is 6.54 Å². The fourth-order valence-electron chi connectivity index (χ4n) is 1.08. The van der Waals surface area contributed by atoms with Gasteiger partial charge in [0.15, 0.2) is 0 Å². The molecule has 1 unspecified atom stereocenters. The average Bonchev–Trinajstić information content (AvgIpc) is 2.45. The molecule has 0 aromatic carbocycles. The first-order valence-corrected chi connectivity index (χ1v) is 4.16. The zero-order valence-corrected chi connectivity index (χ0v) is 7.62. The van der Waals surface area contributed by atoms with E-state index in [9.17, 15) is 0 Å². The molecular weight excluding hydrogens is 178 g/mol. The van der Waals surface area contributed by atoms with Crippen LogP contribution in [0.25, 0.3) is 0 Å². The van der Waals surface area contributed by atoms with Crippen LogP contribution < -0.4 is 5.73 Å². The summed E-state index contributed by atoms with van der Waals surface area (Å²) in [7, 11) is 0. The Balaban J connectivity index is 3.01. The van der Waals surface area contributed by atoms with Gasteiger partial charge in [-0.1, -0.05) is 11.6 Å². The van der Waals surface area contributed by atoms with Crippen molar-refractivity contribution in [3.8, 4) is 0 Å². The number of halogens is 1. The van der Waals surface area contributed by atoms with E-state index < -0.39 is 6.04 Å². The van der Waals surface area contributed by atoms with Crippen LogP contribution in [0.5, 0.6) is 0 Å².